The number of para-hydroxylation sites is 2. The molecule has 114 valence electrons. The van der Waals surface area contributed by atoms with Gasteiger partial charge in [-0.15, -0.1) is 0 Å². The molecule has 1 aliphatic carbocycles. The van der Waals surface area contributed by atoms with Crippen molar-refractivity contribution < 1.29 is 5.11 Å². The standard InChI is InChI=1S/C19H22N2O/c22-12-16-18(13-10-11-13)21-17-9-5-4-8-15(17)19(16)20-14-6-2-1-3-7-14/h1-9,13,16,18-22H,10-12H2/t16-,18-,19?/m0/s1. The molecule has 3 nitrogen and oxygen atoms in total. The van der Waals surface area contributed by atoms with Crippen LogP contribution in [0.2, 0.25) is 0 Å². The van der Waals surface area contributed by atoms with Crippen LogP contribution >= 0.6 is 0 Å². The van der Waals surface area contributed by atoms with E-state index in [9.17, 15) is 5.11 Å². The number of aliphatic hydroxyl groups is 1. The van der Waals surface area contributed by atoms with Gasteiger partial charge in [-0.25, -0.2) is 0 Å². The monoisotopic (exact) mass is 294 g/mol. The summed E-state index contributed by atoms with van der Waals surface area (Å²) >= 11 is 0. The summed E-state index contributed by atoms with van der Waals surface area (Å²) in [6, 6.07) is 19.3. The first-order valence-corrected chi connectivity index (χ1v) is 8.15. The highest BCUT2D eigenvalue weighted by Gasteiger charge is 2.43. The molecule has 1 heterocycles. The fourth-order valence-electron chi connectivity index (χ4n) is 3.66. The molecule has 1 fully saturated rings. The number of aliphatic hydroxyl groups excluding tert-OH is 1. The van der Waals surface area contributed by atoms with Crippen molar-refractivity contribution in [1.82, 2.24) is 0 Å². The number of nitrogens with one attached hydrogen (secondary N) is 2. The number of rotatable bonds is 4. The average molecular weight is 294 g/mol. The first-order valence-electron chi connectivity index (χ1n) is 8.15. The summed E-state index contributed by atoms with van der Waals surface area (Å²) in [5, 5.41) is 17.4. The molecule has 0 saturated heterocycles. The van der Waals surface area contributed by atoms with Gasteiger partial charge in [0.1, 0.15) is 0 Å². The van der Waals surface area contributed by atoms with E-state index in [0.29, 0.717) is 12.0 Å². The summed E-state index contributed by atoms with van der Waals surface area (Å²) in [5.74, 6) is 0.896. The van der Waals surface area contributed by atoms with E-state index in [-0.39, 0.29) is 18.6 Å². The summed E-state index contributed by atoms with van der Waals surface area (Å²) < 4.78 is 0. The van der Waals surface area contributed by atoms with Gasteiger partial charge >= 0.3 is 0 Å². The van der Waals surface area contributed by atoms with Crippen molar-refractivity contribution >= 4 is 11.4 Å². The van der Waals surface area contributed by atoms with Crippen molar-refractivity contribution in [2.45, 2.75) is 24.9 Å². The Labute approximate surface area is 131 Å². The SMILES string of the molecule is OC[C@@H]1C(Nc2ccccc2)c2ccccc2N[C@H]1C1CC1. The lowest BCUT2D eigenvalue weighted by atomic mass is 9.80. The van der Waals surface area contributed by atoms with Crippen LogP contribution in [0, 0.1) is 11.8 Å². The van der Waals surface area contributed by atoms with E-state index < -0.39 is 0 Å². The quantitative estimate of drug-likeness (QED) is 0.806. The van der Waals surface area contributed by atoms with E-state index in [0.717, 1.165) is 5.69 Å². The Hall–Kier alpha value is -2.00. The Morgan fingerprint density at radius 3 is 2.45 bits per heavy atom. The molecular weight excluding hydrogens is 272 g/mol. The Bertz CT molecular complexity index is 639. The smallest absolute Gasteiger partial charge is 0.0604 e. The van der Waals surface area contributed by atoms with Crippen LogP contribution in [0.4, 0.5) is 11.4 Å². The van der Waals surface area contributed by atoms with Gasteiger partial charge in [0.2, 0.25) is 0 Å². The number of hydrogen-bond acceptors (Lipinski definition) is 3. The molecule has 1 saturated carbocycles. The molecule has 0 aromatic heterocycles. The largest absolute Gasteiger partial charge is 0.396 e. The van der Waals surface area contributed by atoms with E-state index in [4.69, 9.17) is 0 Å². The average Bonchev–Trinajstić information content (AvgIpc) is 3.40. The van der Waals surface area contributed by atoms with Gasteiger partial charge in [0.15, 0.2) is 0 Å². The van der Waals surface area contributed by atoms with Gasteiger partial charge in [-0.05, 0) is 42.5 Å². The fourth-order valence-corrected chi connectivity index (χ4v) is 3.66. The van der Waals surface area contributed by atoms with Gasteiger partial charge in [-0.1, -0.05) is 36.4 Å². The summed E-state index contributed by atoms with van der Waals surface area (Å²) in [6.07, 6.45) is 2.54. The van der Waals surface area contributed by atoms with Gasteiger partial charge in [-0.2, -0.15) is 0 Å². The third-order valence-corrected chi connectivity index (χ3v) is 4.94. The highest BCUT2D eigenvalue weighted by atomic mass is 16.3. The van der Waals surface area contributed by atoms with E-state index in [1.54, 1.807) is 0 Å². The summed E-state index contributed by atoms with van der Waals surface area (Å²) in [6.45, 7) is 0.201. The normalized spacial score (nSPS) is 26.9. The number of anilines is 2. The van der Waals surface area contributed by atoms with Crippen LogP contribution in [0.3, 0.4) is 0 Å². The molecule has 0 spiro atoms. The van der Waals surface area contributed by atoms with Crippen molar-refractivity contribution in [3.63, 3.8) is 0 Å². The number of benzene rings is 2. The molecule has 3 atom stereocenters. The molecule has 0 bridgehead atoms. The number of fused-ring (bicyclic) bond motifs is 1. The van der Waals surface area contributed by atoms with E-state index in [1.807, 2.05) is 18.2 Å². The van der Waals surface area contributed by atoms with Gasteiger partial charge in [0.05, 0.1) is 12.6 Å². The summed E-state index contributed by atoms with van der Waals surface area (Å²) in [7, 11) is 0. The zero-order chi connectivity index (χ0) is 14.9. The Morgan fingerprint density at radius 2 is 1.73 bits per heavy atom. The maximum absolute atomic E-state index is 10.0. The van der Waals surface area contributed by atoms with Crippen LogP contribution in [0.1, 0.15) is 24.4 Å². The first kappa shape index (κ1) is 13.6. The molecule has 3 N–H and O–H groups in total. The highest BCUT2D eigenvalue weighted by molar-refractivity contribution is 5.59. The zero-order valence-electron chi connectivity index (χ0n) is 12.6. The number of hydrogen-bond donors (Lipinski definition) is 3. The minimum Gasteiger partial charge on any atom is -0.396 e. The molecule has 2 aromatic rings. The van der Waals surface area contributed by atoms with Crippen LogP contribution in [-0.2, 0) is 0 Å². The fraction of sp³-hybridized carbons (Fsp3) is 0.368. The lowest BCUT2D eigenvalue weighted by Gasteiger charge is -2.41. The molecule has 22 heavy (non-hydrogen) atoms. The second kappa shape index (κ2) is 5.65. The van der Waals surface area contributed by atoms with E-state index in [1.165, 1.54) is 24.1 Å². The molecule has 0 radical (unpaired) electrons. The van der Waals surface area contributed by atoms with Gasteiger partial charge in [0.25, 0.3) is 0 Å². The second-order valence-corrected chi connectivity index (χ2v) is 6.43. The maximum atomic E-state index is 10.0. The summed E-state index contributed by atoms with van der Waals surface area (Å²) in [5.41, 5.74) is 3.57. The van der Waals surface area contributed by atoms with Gasteiger partial charge in [0, 0.05) is 23.3 Å². The van der Waals surface area contributed by atoms with E-state index >= 15 is 0 Å². The van der Waals surface area contributed by atoms with Gasteiger partial charge in [-0.3, -0.25) is 0 Å². The van der Waals surface area contributed by atoms with Crippen molar-refractivity contribution in [3.05, 3.63) is 60.2 Å². The van der Waals surface area contributed by atoms with Gasteiger partial charge < -0.3 is 15.7 Å². The minimum absolute atomic E-state index is 0.149. The Morgan fingerprint density at radius 1 is 1.00 bits per heavy atom. The maximum Gasteiger partial charge on any atom is 0.0604 e. The van der Waals surface area contributed by atoms with Crippen LogP contribution in [0.15, 0.2) is 54.6 Å². The third kappa shape index (κ3) is 2.46. The lowest BCUT2D eigenvalue weighted by Crippen LogP contribution is -2.43. The molecule has 1 aliphatic heterocycles. The Balaban J connectivity index is 1.71. The summed E-state index contributed by atoms with van der Waals surface area (Å²) in [4.78, 5) is 0. The van der Waals surface area contributed by atoms with Crippen molar-refractivity contribution in [2.75, 3.05) is 17.2 Å². The zero-order valence-corrected chi connectivity index (χ0v) is 12.6. The van der Waals surface area contributed by atoms with Crippen molar-refractivity contribution in [2.24, 2.45) is 11.8 Å². The molecule has 2 aromatic carbocycles. The minimum atomic E-state index is 0.149. The van der Waals surface area contributed by atoms with Crippen LogP contribution < -0.4 is 10.6 Å². The van der Waals surface area contributed by atoms with Crippen LogP contribution in [0.5, 0.6) is 0 Å². The third-order valence-electron chi connectivity index (χ3n) is 4.94. The Kier molecular flexibility index (Phi) is 3.51. The van der Waals surface area contributed by atoms with Crippen molar-refractivity contribution in [3.8, 4) is 0 Å². The van der Waals surface area contributed by atoms with E-state index in [2.05, 4.69) is 47.0 Å². The van der Waals surface area contributed by atoms with Crippen LogP contribution in [0.25, 0.3) is 0 Å². The first-order chi connectivity index (χ1) is 10.9. The lowest BCUT2D eigenvalue weighted by molar-refractivity contribution is 0.181. The molecule has 1 unspecified atom stereocenters. The molecular formula is C19H22N2O. The highest BCUT2D eigenvalue weighted by Crippen LogP contribution is 2.46. The van der Waals surface area contributed by atoms with Crippen molar-refractivity contribution in [1.29, 1.82) is 0 Å². The molecule has 2 aliphatic rings. The topological polar surface area (TPSA) is 44.3 Å². The predicted octanol–water partition coefficient (Wildman–Crippen LogP) is 3.65. The second-order valence-electron chi connectivity index (χ2n) is 6.43. The molecule has 0 amide bonds. The van der Waals surface area contributed by atoms with Crippen LogP contribution in [-0.4, -0.2) is 17.8 Å². The molecule has 4 rings (SSSR count). The predicted molar refractivity (Wildman–Crippen MR) is 90.0 cm³/mol. The molecule has 3 heteroatoms.